The molecule has 0 unspecified atom stereocenters. The predicted octanol–water partition coefficient (Wildman–Crippen LogP) is 3.48. The maximum Gasteiger partial charge on any atom is 0.0717 e. The van der Waals surface area contributed by atoms with Crippen molar-refractivity contribution < 1.29 is 4.74 Å². The highest BCUT2D eigenvalue weighted by atomic mass is 16.5. The Labute approximate surface area is 111 Å². The van der Waals surface area contributed by atoms with Gasteiger partial charge in [0.05, 0.1) is 13.2 Å². The summed E-state index contributed by atoms with van der Waals surface area (Å²) in [4.78, 5) is 0. The van der Waals surface area contributed by atoms with Crippen LogP contribution in [0.4, 0.5) is 0 Å². The van der Waals surface area contributed by atoms with Gasteiger partial charge in [0.2, 0.25) is 0 Å². The van der Waals surface area contributed by atoms with E-state index in [4.69, 9.17) is 10.5 Å². The van der Waals surface area contributed by atoms with E-state index in [1.807, 2.05) is 0 Å². The lowest BCUT2D eigenvalue weighted by atomic mass is 9.83. The molecule has 100 valence electrons. The van der Waals surface area contributed by atoms with Crippen LogP contribution in [0.5, 0.6) is 0 Å². The van der Waals surface area contributed by atoms with Crippen LogP contribution in [-0.4, -0.2) is 12.1 Å². The zero-order valence-corrected chi connectivity index (χ0v) is 11.7. The highest BCUT2D eigenvalue weighted by Crippen LogP contribution is 2.26. The second-order valence-corrected chi connectivity index (χ2v) is 5.83. The van der Waals surface area contributed by atoms with Crippen molar-refractivity contribution >= 4 is 0 Å². The van der Waals surface area contributed by atoms with Gasteiger partial charge in [-0.1, -0.05) is 37.5 Å². The molecule has 0 aliphatic heterocycles. The molecule has 1 fully saturated rings. The molecule has 0 radical (unpaired) electrons. The average molecular weight is 247 g/mol. The van der Waals surface area contributed by atoms with E-state index < -0.39 is 0 Å². The van der Waals surface area contributed by atoms with Crippen LogP contribution in [0, 0.1) is 13.8 Å². The van der Waals surface area contributed by atoms with E-state index in [0.29, 0.717) is 13.2 Å². The first-order valence-electron chi connectivity index (χ1n) is 7.02. The Morgan fingerprint density at radius 1 is 1.11 bits per heavy atom. The third kappa shape index (κ3) is 3.56. The Morgan fingerprint density at radius 2 is 1.83 bits per heavy atom. The molecule has 0 amide bonds. The van der Waals surface area contributed by atoms with E-state index >= 15 is 0 Å². The van der Waals surface area contributed by atoms with Gasteiger partial charge in [-0.15, -0.1) is 0 Å². The van der Waals surface area contributed by atoms with Crippen molar-refractivity contribution in [3.05, 3.63) is 34.9 Å². The van der Waals surface area contributed by atoms with E-state index in [1.165, 1.54) is 36.0 Å². The topological polar surface area (TPSA) is 35.2 Å². The summed E-state index contributed by atoms with van der Waals surface area (Å²) < 4.78 is 5.83. The summed E-state index contributed by atoms with van der Waals surface area (Å²) in [5.41, 5.74) is 10.2. The SMILES string of the molecule is Cc1ccc(COCC2(N)CCCCC2)cc1C. The molecule has 0 bridgehead atoms. The lowest BCUT2D eigenvalue weighted by Crippen LogP contribution is -2.46. The summed E-state index contributed by atoms with van der Waals surface area (Å²) >= 11 is 0. The van der Waals surface area contributed by atoms with Crippen LogP contribution in [0.3, 0.4) is 0 Å². The van der Waals surface area contributed by atoms with Crippen molar-refractivity contribution in [1.82, 2.24) is 0 Å². The Hall–Kier alpha value is -0.860. The Kier molecular flexibility index (Phi) is 4.41. The summed E-state index contributed by atoms with van der Waals surface area (Å²) in [6.07, 6.45) is 6.06. The van der Waals surface area contributed by atoms with E-state index in [1.54, 1.807) is 0 Å². The number of aryl methyl sites for hydroxylation is 2. The van der Waals surface area contributed by atoms with E-state index in [9.17, 15) is 0 Å². The maximum absolute atomic E-state index is 6.35. The number of hydrogen-bond donors (Lipinski definition) is 1. The van der Waals surface area contributed by atoms with Crippen molar-refractivity contribution in [2.24, 2.45) is 5.73 Å². The molecule has 18 heavy (non-hydrogen) atoms. The second kappa shape index (κ2) is 5.85. The van der Waals surface area contributed by atoms with Crippen LogP contribution in [0.2, 0.25) is 0 Å². The molecule has 1 aromatic carbocycles. The molecule has 0 saturated heterocycles. The van der Waals surface area contributed by atoms with Gasteiger partial charge in [-0.2, -0.15) is 0 Å². The van der Waals surface area contributed by atoms with Crippen LogP contribution in [0.25, 0.3) is 0 Å². The number of hydrogen-bond acceptors (Lipinski definition) is 2. The van der Waals surface area contributed by atoms with Crippen LogP contribution >= 0.6 is 0 Å². The monoisotopic (exact) mass is 247 g/mol. The highest BCUT2D eigenvalue weighted by molar-refractivity contribution is 5.29. The van der Waals surface area contributed by atoms with Gasteiger partial charge in [-0.3, -0.25) is 0 Å². The smallest absolute Gasteiger partial charge is 0.0717 e. The summed E-state index contributed by atoms with van der Waals surface area (Å²) in [5, 5.41) is 0. The molecule has 1 aromatic rings. The number of ether oxygens (including phenoxy) is 1. The Morgan fingerprint density at radius 3 is 2.50 bits per heavy atom. The summed E-state index contributed by atoms with van der Waals surface area (Å²) in [7, 11) is 0. The Balaban J connectivity index is 1.82. The minimum absolute atomic E-state index is 0.0714. The third-order valence-corrected chi connectivity index (χ3v) is 4.08. The predicted molar refractivity (Wildman–Crippen MR) is 75.6 cm³/mol. The lowest BCUT2D eigenvalue weighted by Gasteiger charge is -2.33. The zero-order valence-electron chi connectivity index (χ0n) is 11.7. The molecule has 1 saturated carbocycles. The van der Waals surface area contributed by atoms with Gasteiger partial charge in [0.15, 0.2) is 0 Å². The third-order valence-electron chi connectivity index (χ3n) is 4.08. The van der Waals surface area contributed by atoms with Crippen LogP contribution < -0.4 is 5.73 Å². The van der Waals surface area contributed by atoms with Crippen molar-refractivity contribution in [2.75, 3.05) is 6.61 Å². The van der Waals surface area contributed by atoms with Gasteiger partial charge in [0.25, 0.3) is 0 Å². The van der Waals surface area contributed by atoms with Crippen LogP contribution in [0.15, 0.2) is 18.2 Å². The number of rotatable bonds is 4. The molecule has 0 heterocycles. The molecule has 0 aromatic heterocycles. The molecule has 2 heteroatoms. The van der Waals surface area contributed by atoms with Crippen LogP contribution in [-0.2, 0) is 11.3 Å². The highest BCUT2D eigenvalue weighted by Gasteiger charge is 2.27. The summed E-state index contributed by atoms with van der Waals surface area (Å²) in [6.45, 7) is 5.65. The minimum atomic E-state index is -0.0714. The first-order valence-corrected chi connectivity index (χ1v) is 7.02. The second-order valence-electron chi connectivity index (χ2n) is 5.83. The lowest BCUT2D eigenvalue weighted by molar-refractivity contribution is 0.0574. The van der Waals surface area contributed by atoms with Crippen molar-refractivity contribution in [1.29, 1.82) is 0 Å². The largest absolute Gasteiger partial charge is 0.375 e. The van der Waals surface area contributed by atoms with Gasteiger partial charge in [0.1, 0.15) is 0 Å². The van der Waals surface area contributed by atoms with E-state index in [0.717, 1.165) is 12.8 Å². The standard InChI is InChI=1S/C16H25NO/c1-13-6-7-15(10-14(13)2)11-18-12-16(17)8-4-3-5-9-16/h6-7,10H,3-5,8-9,11-12,17H2,1-2H3. The molecule has 1 aliphatic carbocycles. The first-order chi connectivity index (χ1) is 8.59. The molecule has 0 spiro atoms. The zero-order chi connectivity index (χ0) is 13.0. The fourth-order valence-corrected chi connectivity index (χ4v) is 2.67. The maximum atomic E-state index is 6.35. The van der Waals surface area contributed by atoms with Crippen molar-refractivity contribution in [2.45, 2.75) is 58.1 Å². The normalized spacial score (nSPS) is 18.8. The van der Waals surface area contributed by atoms with Gasteiger partial charge in [0, 0.05) is 5.54 Å². The van der Waals surface area contributed by atoms with Crippen molar-refractivity contribution in [3.63, 3.8) is 0 Å². The molecule has 2 rings (SSSR count). The summed E-state index contributed by atoms with van der Waals surface area (Å²) in [5.74, 6) is 0. The number of nitrogens with two attached hydrogens (primary N) is 1. The molecule has 1 aliphatic rings. The van der Waals surface area contributed by atoms with E-state index in [2.05, 4.69) is 32.0 Å². The fraction of sp³-hybridized carbons (Fsp3) is 0.625. The molecule has 2 nitrogen and oxygen atoms in total. The average Bonchev–Trinajstić information content (AvgIpc) is 2.34. The van der Waals surface area contributed by atoms with E-state index in [-0.39, 0.29) is 5.54 Å². The molecule has 0 atom stereocenters. The Bertz CT molecular complexity index is 394. The quantitative estimate of drug-likeness (QED) is 0.884. The van der Waals surface area contributed by atoms with Gasteiger partial charge in [-0.05, 0) is 43.4 Å². The van der Waals surface area contributed by atoms with Gasteiger partial charge < -0.3 is 10.5 Å². The molecule has 2 N–H and O–H groups in total. The van der Waals surface area contributed by atoms with Crippen LogP contribution in [0.1, 0.15) is 48.8 Å². The van der Waals surface area contributed by atoms with Gasteiger partial charge in [-0.25, -0.2) is 0 Å². The summed E-state index contributed by atoms with van der Waals surface area (Å²) in [6, 6.07) is 6.51. The molecular weight excluding hydrogens is 222 g/mol. The van der Waals surface area contributed by atoms with Gasteiger partial charge >= 0.3 is 0 Å². The minimum Gasteiger partial charge on any atom is -0.375 e. The molecular formula is C16H25NO. The number of benzene rings is 1. The van der Waals surface area contributed by atoms with Crippen molar-refractivity contribution in [3.8, 4) is 0 Å². The fourth-order valence-electron chi connectivity index (χ4n) is 2.67. The first kappa shape index (κ1) is 13.6.